The van der Waals surface area contributed by atoms with Crippen molar-refractivity contribution in [3.63, 3.8) is 0 Å². The number of methoxy groups -OCH3 is 2. The Kier molecular flexibility index (Phi) is 7.87. The lowest BCUT2D eigenvalue weighted by Gasteiger charge is -2.34. The van der Waals surface area contributed by atoms with E-state index in [1.165, 1.54) is 0 Å². The van der Waals surface area contributed by atoms with Crippen LogP contribution in [0.15, 0.2) is 18.2 Å². The maximum atomic E-state index is 12.6. The lowest BCUT2D eigenvalue weighted by molar-refractivity contribution is -0.142. The second kappa shape index (κ2) is 10.1. The van der Waals surface area contributed by atoms with Gasteiger partial charge in [0.2, 0.25) is 5.91 Å². The summed E-state index contributed by atoms with van der Waals surface area (Å²) < 4.78 is 16.3. The van der Waals surface area contributed by atoms with Gasteiger partial charge in [0.1, 0.15) is 11.5 Å². The summed E-state index contributed by atoms with van der Waals surface area (Å²) in [6.07, 6.45) is 0.736. The van der Waals surface area contributed by atoms with Crippen LogP contribution in [0.1, 0.15) is 12.0 Å². The highest BCUT2D eigenvalue weighted by Gasteiger charge is 2.25. The molecule has 1 aromatic carbocycles. The topological polar surface area (TPSA) is 88.5 Å². The average molecular weight is 380 g/mol. The molecule has 8 heteroatoms. The molecule has 1 atom stereocenters. The lowest BCUT2D eigenvalue weighted by Crippen LogP contribution is -2.49. The molecule has 2 rings (SSSR count). The lowest BCUT2D eigenvalue weighted by atomic mass is 10.1. The molecule has 1 amide bonds. The number of hydrogen-bond acceptors (Lipinski definition) is 6. The quantitative estimate of drug-likeness (QED) is 0.680. The van der Waals surface area contributed by atoms with Crippen LogP contribution in [0.4, 0.5) is 0 Å². The van der Waals surface area contributed by atoms with Crippen molar-refractivity contribution in [3.8, 4) is 11.5 Å². The van der Waals surface area contributed by atoms with E-state index in [-0.39, 0.29) is 18.6 Å². The first-order chi connectivity index (χ1) is 12.9. The van der Waals surface area contributed by atoms with Crippen molar-refractivity contribution in [1.29, 1.82) is 0 Å². The van der Waals surface area contributed by atoms with E-state index in [1.807, 2.05) is 18.2 Å². The van der Waals surface area contributed by atoms with E-state index in [1.54, 1.807) is 31.1 Å². The summed E-state index contributed by atoms with van der Waals surface area (Å²) in [5.41, 5.74) is 0.927. The van der Waals surface area contributed by atoms with Gasteiger partial charge >= 0.3 is 5.97 Å². The number of carbonyl (C=O) groups excluding carboxylic acids is 1. The molecule has 1 N–H and O–H groups in total. The first-order valence-electron chi connectivity index (χ1n) is 8.93. The fourth-order valence-electron chi connectivity index (χ4n) is 3.18. The van der Waals surface area contributed by atoms with Gasteiger partial charge in [-0.2, -0.15) is 0 Å². The van der Waals surface area contributed by atoms with Gasteiger partial charge in [0.15, 0.2) is 0 Å². The van der Waals surface area contributed by atoms with E-state index in [0.717, 1.165) is 17.1 Å². The summed E-state index contributed by atoms with van der Waals surface area (Å²) in [7, 11) is 4.94. The monoisotopic (exact) mass is 380 g/mol. The molecule has 0 aromatic heterocycles. The molecule has 1 aliphatic heterocycles. The minimum atomic E-state index is -0.881. The summed E-state index contributed by atoms with van der Waals surface area (Å²) in [6.45, 7) is 1.90. The van der Waals surface area contributed by atoms with Crippen molar-refractivity contribution < 1.29 is 28.9 Å². The van der Waals surface area contributed by atoms with Crippen molar-refractivity contribution in [1.82, 2.24) is 9.80 Å². The van der Waals surface area contributed by atoms with Crippen LogP contribution in [0.3, 0.4) is 0 Å². The molecule has 1 aromatic rings. The van der Waals surface area contributed by atoms with Crippen molar-refractivity contribution in [2.24, 2.45) is 0 Å². The van der Waals surface area contributed by atoms with E-state index in [2.05, 4.69) is 0 Å². The molecule has 1 aliphatic rings. The number of amides is 1. The third-order valence-corrected chi connectivity index (χ3v) is 4.51. The maximum Gasteiger partial charge on any atom is 0.317 e. The van der Waals surface area contributed by atoms with Crippen LogP contribution in [0.5, 0.6) is 11.5 Å². The zero-order valence-corrected chi connectivity index (χ0v) is 16.1. The van der Waals surface area contributed by atoms with Gasteiger partial charge in [-0.05, 0) is 37.2 Å². The molecule has 1 heterocycles. The van der Waals surface area contributed by atoms with Crippen LogP contribution in [0.2, 0.25) is 0 Å². The molecule has 0 aliphatic carbocycles. The number of carbonyl (C=O) groups is 2. The van der Waals surface area contributed by atoms with Gasteiger partial charge < -0.3 is 24.2 Å². The Balaban J connectivity index is 1.89. The Bertz CT molecular complexity index is 651. The Morgan fingerprint density at radius 2 is 2.11 bits per heavy atom. The van der Waals surface area contributed by atoms with E-state index in [4.69, 9.17) is 19.3 Å². The molecule has 0 bridgehead atoms. The summed E-state index contributed by atoms with van der Waals surface area (Å²) >= 11 is 0. The number of ether oxygens (including phenoxy) is 3. The molecule has 0 radical (unpaired) electrons. The normalized spacial score (nSPS) is 17.0. The first kappa shape index (κ1) is 21.0. The van der Waals surface area contributed by atoms with E-state index < -0.39 is 5.97 Å². The average Bonchev–Trinajstić information content (AvgIpc) is 2.65. The van der Waals surface area contributed by atoms with E-state index >= 15 is 0 Å². The SMILES string of the molecule is COc1ccc(OC)c(CCC(=O)N2CCOC(CN(C)CC(=O)O)C2)c1. The maximum absolute atomic E-state index is 12.6. The summed E-state index contributed by atoms with van der Waals surface area (Å²) in [6, 6.07) is 5.54. The molecule has 1 fully saturated rings. The zero-order chi connectivity index (χ0) is 19.8. The zero-order valence-electron chi connectivity index (χ0n) is 16.1. The van der Waals surface area contributed by atoms with Crippen LogP contribution < -0.4 is 9.47 Å². The molecule has 1 unspecified atom stereocenters. The molecule has 8 nitrogen and oxygen atoms in total. The smallest absolute Gasteiger partial charge is 0.317 e. The van der Waals surface area contributed by atoms with Gasteiger partial charge in [0.05, 0.1) is 33.5 Å². The third-order valence-electron chi connectivity index (χ3n) is 4.51. The van der Waals surface area contributed by atoms with Gasteiger partial charge in [-0.15, -0.1) is 0 Å². The second-order valence-corrected chi connectivity index (χ2v) is 6.60. The Hall–Kier alpha value is -2.32. The highest BCUT2D eigenvalue weighted by molar-refractivity contribution is 5.76. The van der Waals surface area contributed by atoms with Crippen molar-refractivity contribution in [2.75, 3.05) is 54.1 Å². The number of rotatable bonds is 9. The summed E-state index contributed by atoms with van der Waals surface area (Å²) in [4.78, 5) is 26.9. The van der Waals surface area contributed by atoms with Crippen LogP contribution in [0, 0.1) is 0 Å². The summed E-state index contributed by atoms with van der Waals surface area (Å²) in [5, 5.41) is 8.85. The second-order valence-electron chi connectivity index (χ2n) is 6.60. The Morgan fingerprint density at radius 1 is 1.33 bits per heavy atom. The van der Waals surface area contributed by atoms with Crippen LogP contribution in [-0.2, 0) is 20.7 Å². The van der Waals surface area contributed by atoms with Gasteiger partial charge in [-0.1, -0.05) is 0 Å². The Morgan fingerprint density at radius 3 is 2.78 bits per heavy atom. The van der Waals surface area contributed by atoms with Crippen LogP contribution in [-0.4, -0.2) is 86.9 Å². The molecule has 1 saturated heterocycles. The van der Waals surface area contributed by atoms with Crippen LogP contribution >= 0.6 is 0 Å². The first-order valence-corrected chi connectivity index (χ1v) is 8.93. The van der Waals surface area contributed by atoms with Gasteiger partial charge in [-0.3, -0.25) is 14.5 Å². The fraction of sp³-hybridized carbons (Fsp3) is 0.579. The number of aryl methyl sites for hydroxylation is 1. The van der Waals surface area contributed by atoms with Crippen molar-refractivity contribution in [3.05, 3.63) is 23.8 Å². The molecular formula is C19H28N2O6. The van der Waals surface area contributed by atoms with E-state index in [0.29, 0.717) is 39.1 Å². The number of nitrogens with zero attached hydrogens (tertiary/aromatic N) is 2. The van der Waals surface area contributed by atoms with Crippen molar-refractivity contribution >= 4 is 11.9 Å². The third kappa shape index (κ3) is 6.41. The molecule has 0 saturated carbocycles. The highest BCUT2D eigenvalue weighted by Crippen LogP contribution is 2.25. The van der Waals surface area contributed by atoms with Gasteiger partial charge in [-0.25, -0.2) is 0 Å². The number of carboxylic acids is 1. The number of benzene rings is 1. The standard InChI is InChI=1S/C19H28N2O6/c1-20(13-19(23)24)11-16-12-21(8-9-27-16)18(22)7-4-14-10-15(25-2)5-6-17(14)26-3/h5-6,10,16H,4,7-9,11-13H2,1-3H3,(H,23,24). The van der Waals surface area contributed by atoms with E-state index in [9.17, 15) is 9.59 Å². The Labute approximate surface area is 159 Å². The van der Waals surface area contributed by atoms with Crippen LogP contribution in [0.25, 0.3) is 0 Å². The predicted molar refractivity (Wildman–Crippen MR) is 99.3 cm³/mol. The van der Waals surface area contributed by atoms with Gasteiger partial charge in [0, 0.05) is 26.1 Å². The minimum absolute atomic E-state index is 0.0501. The number of carboxylic acid groups (broad SMARTS) is 1. The molecule has 27 heavy (non-hydrogen) atoms. The fourth-order valence-corrected chi connectivity index (χ4v) is 3.18. The van der Waals surface area contributed by atoms with Gasteiger partial charge in [0.25, 0.3) is 0 Å². The summed E-state index contributed by atoms with van der Waals surface area (Å²) in [5.74, 6) is 0.632. The molecule has 0 spiro atoms. The number of likely N-dealkylation sites (N-methyl/N-ethyl adjacent to an activating group) is 1. The largest absolute Gasteiger partial charge is 0.497 e. The number of hydrogen-bond donors (Lipinski definition) is 1. The number of morpholine rings is 1. The molecular weight excluding hydrogens is 352 g/mol. The number of aliphatic carboxylic acids is 1. The predicted octanol–water partition coefficient (Wildman–Crippen LogP) is 0.880. The molecule has 150 valence electrons. The van der Waals surface area contributed by atoms with Crippen molar-refractivity contribution in [2.45, 2.75) is 18.9 Å². The minimum Gasteiger partial charge on any atom is -0.497 e. The highest BCUT2D eigenvalue weighted by atomic mass is 16.5.